The summed E-state index contributed by atoms with van der Waals surface area (Å²) >= 11 is 0. The van der Waals surface area contributed by atoms with Crippen molar-refractivity contribution in [2.75, 3.05) is 7.05 Å². The molecule has 3 aromatic heterocycles. The minimum Gasteiger partial charge on any atom is -1.00 e. The Balaban J connectivity index is 0.000000662. The fraction of sp³-hybridized carbons (Fsp3) is 0.0952. The van der Waals surface area contributed by atoms with Gasteiger partial charge in [-0.3, -0.25) is 0 Å². The Kier molecular flexibility index (Phi) is 22.4. The Morgan fingerprint density at radius 1 is 0.750 bits per heavy atom. The maximum absolute atomic E-state index is 3.90. The van der Waals surface area contributed by atoms with Crippen LogP contribution < -0.4 is 84.0 Å². The van der Waals surface area contributed by atoms with Crippen LogP contribution in [0.4, 0.5) is 0 Å². The van der Waals surface area contributed by atoms with Crippen molar-refractivity contribution in [2.45, 2.75) is 6.54 Å². The van der Waals surface area contributed by atoms with Crippen LogP contribution in [-0.4, -0.2) is 22.4 Å². The molecule has 0 spiro atoms. The molecule has 0 aliphatic carbocycles. The van der Waals surface area contributed by atoms with Gasteiger partial charge in [0.05, 0.1) is 32.7 Å². The first-order chi connectivity index (χ1) is 23.3. The molecular weight excluding hydrogens is 911 g/mol. The van der Waals surface area contributed by atoms with E-state index in [9.17, 15) is 0 Å². The molecule has 0 bridgehead atoms. The fourth-order valence-electron chi connectivity index (χ4n) is 5.02. The predicted molar refractivity (Wildman–Crippen MR) is 201 cm³/mol. The standard InChI is InChI=1S/C14H14N.C12H12N.C10H11N2.C6H9N2.2BrH.ClH.HI/c1-2-13-8-10-15(11-9-13)12-14-6-4-3-5-7-14;1-3-11-9-8-10-6-4-5-7-12(10)13(11)2;1-3-12-8-11(2)9-6-4-5-7-10(9)12;1-3-8(2)5-4-7-6-8;;;;/h2-11H,1,12H2;3-9H,1H2,2H3;3-8H,1H2,2H3;3-6H,1H2,2H3;4*1H/q4*+1;;;;/p-4. The highest BCUT2D eigenvalue weighted by Gasteiger charge is 2.13. The van der Waals surface area contributed by atoms with Crippen LogP contribution >= 0.6 is 0 Å². The normalized spacial score (nSPS) is 13.0. The third-order valence-corrected chi connectivity index (χ3v) is 7.91. The molecule has 0 N–H and O–H groups in total. The first-order valence-electron chi connectivity index (χ1n) is 15.8. The zero-order valence-corrected chi connectivity index (χ0v) is 35.9. The highest BCUT2D eigenvalue weighted by molar-refractivity contribution is 5.76. The van der Waals surface area contributed by atoms with Crippen molar-refractivity contribution in [2.24, 2.45) is 19.1 Å². The van der Waals surface area contributed by atoms with Crippen LogP contribution in [0.15, 0.2) is 172 Å². The average molecular weight is 957 g/mol. The number of aryl methyl sites for hydroxylation is 2. The monoisotopic (exact) mass is 954 g/mol. The Hall–Kier alpha value is -4.00. The molecule has 0 radical (unpaired) electrons. The Labute approximate surface area is 353 Å². The summed E-state index contributed by atoms with van der Waals surface area (Å²) in [6.45, 7) is 15.8. The van der Waals surface area contributed by atoms with Crippen LogP contribution in [-0.2, 0) is 20.6 Å². The summed E-state index contributed by atoms with van der Waals surface area (Å²) in [5, 5.41) is 1.26. The number of benzene rings is 3. The van der Waals surface area contributed by atoms with E-state index in [4.69, 9.17) is 0 Å². The highest BCUT2D eigenvalue weighted by atomic mass is 127. The molecule has 3 aromatic carbocycles. The van der Waals surface area contributed by atoms with Crippen LogP contribution in [0.3, 0.4) is 0 Å². The van der Waals surface area contributed by atoms with Crippen molar-refractivity contribution in [1.29, 1.82) is 0 Å². The minimum atomic E-state index is 0. The van der Waals surface area contributed by atoms with Gasteiger partial charge in [-0.25, -0.2) is 23.2 Å². The lowest BCUT2D eigenvalue weighted by Gasteiger charge is -2.13. The molecule has 1 unspecified atom stereocenters. The van der Waals surface area contributed by atoms with Crippen LogP contribution in [0, 0.1) is 0 Å². The number of hydrogen-bond acceptors (Lipinski definition) is 1. The van der Waals surface area contributed by atoms with Crippen LogP contribution in [0.2, 0.25) is 0 Å². The van der Waals surface area contributed by atoms with Crippen molar-refractivity contribution in [1.82, 2.24) is 4.57 Å². The Morgan fingerprint density at radius 2 is 1.37 bits per heavy atom. The molecule has 0 fully saturated rings. The summed E-state index contributed by atoms with van der Waals surface area (Å²) in [4.78, 5) is 3.90. The van der Waals surface area contributed by atoms with E-state index in [0.29, 0.717) is 4.48 Å². The van der Waals surface area contributed by atoms with Gasteiger partial charge in [-0.2, -0.15) is 4.57 Å². The second-order valence-electron chi connectivity index (χ2n) is 11.3. The van der Waals surface area contributed by atoms with Gasteiger partial charge >= 0.3 is 0 Å². The smallest absolute Gasteiger partial charge is 0.249 e. The summed E-state index contributed by atoms with van der Waals surface area (Å²) in [5.74, 6) is 0. The quantitative estimate of drug-likeness (QED) is 0.0920. The van der Waals surface area contributed by atoms with E-state index < -0.39 is 0 Å². The molecule has 4 heterocycles. The number of aliphatic imine (C=N–C) groups is 1. The molecule has 0 saturated heterocycles. The van der Waals surface area contributed by atoms with Crippen molar-refractivity contribution in [3.63, 3.8) is 0 Å². The lowest BCUT2D eigenvalue weighted by atomic mass is 10.2. The van der Waals surface area contributed by atoms with Gasteiger partial charge in [0.15, 0.2) is 36.3 Å². The number of halogens is 4. The molecule has 0 amide bonds. The van der Waals surface area contributed by atoms with Crippen molar-refractivity contribution in [3.05, 3.63) is 184 Å². The van der Waals surface area contributed by atoms with Gasteiger partial charge in [-0.15, -0.1) is 0 Å². The van der Waals surface area contributed by atoms with E-state index in [2.05, 4.69) is 149 Å². The summed E-state index contributed by atoms with van der Waals surface area (Å²) in [6, 6.07) is 35.3. The summed E-state index contributed by atoms with van der Waals surface area (Å²) < 4.78 is 9.00. The first-order valence-corrected chi connectivity index (χ1v) is 15.8. The van der Waals surface area contributed by atoms with Gasteiger partial charge in [0, 0.05) is 41.3 Å². The number of hydrogen-bond donors (Lipinski definition) is 0. The zero-order valence-electron chi connectivity index (χ0n) is 29.8. The number of para-hydroxylation sites is 3. The Morgan fingerprint density at radius 3 is 1.92 bits per heavy atom. The highest BCUT2D eigenvalue weighted by Crippen LogP contribution is 2.11. The van der Waals surface area contributed by atoms with Crippen molar-refractivity contribution in [3.8, 4) is 0 Å². The second kappa shape index (κ2) is 24.3. The number of rotatable bonds is 6. The van der Waals surface area contributed by atoms with Crippen LogP contribution in [0.1, 0.15) is 16.8 Å². The fourth-order valence-corrected chi connectivity index (χ4v) is 5.02. The summed E-state index contributed by atoms with van der Waals surface area (Å²) in [6.07, 6.45) is 19.0. The molecule has 6 nitrogen and oxygen atoms in total. The van der Waals surface area contributed by atoms with E-state index in [-0.39, 0.29) is 70.3 Å². The predicted octanol–water partition coefficient (Wildman–Crippen LogP) is -4.36. The van der Waals surface area contributed by atoms with Gasteiger partial charge in [-0.1, -0.05) is 80.4 Å². The minimum absolute atomic E-state index is 0. The molecule has 10 heteroatoms. The SMILES string of the molecule is C=C[N+]1(C)C=CN=C1.C=Cc1cc[n+](Cc2ccccc2)cc1.C=Cc1ccc2ccccc2[n+]1C.C=Cn1c[n+](C)c2ccccc21.[Br-].[Br-].[Cl-].[I-]. The molecule has 1 atom stereocenters. The zero-order chi connectivity index (χ0) is 34.4. The number of nitrogens with zero attached hydrogens (tertiary/aromatic N) is 6. The topological polar surface area (TPSA) is 28.9 Å². The number of quaternary nitrogens is 1. The molecule has 7 rings (SSSR count). The number of fused-ring (bicyclic) bond motifs is 2. The van der Waals surface area contributed by atoms with E-state index in [1.807, 2.05) is 80.3 Å². The lowest BCUT2D eigenvalue weighted by molar-refractivity contribution is -0.696. The maximum Gasteiger partial charge on any atom is 0.249 e. The molecule has 272 valence electrons. The Bertz CT molecular complexity index is 2060. The van der Waals surface area contributed by atoms with E-state index in [1.54, 1.807) is 6.20 Å². The maximum atomic E-state index is 3.90. The largest absolute Gasteiger partial charge is 1.00 e. The molecular formula is C42H46Br2ClIN6. The summed E-state index contributed by atoms with van der Waals surface area (Å²) in [7, 11) is 6.08. The number of aromatic nitrogens is 4. The van der Waals surface area contributed by atoms with Crippen LogP contribution in [0.5, 0.6) is 0 Å². The average Bonchev–Trinajstić information content (AvgIpc) is 3.73. The second-order valence-corrected chi connectivity index (χ2v) is 11.3. The molecule has 0 saturated carbocycles. The van der Waals surface area contributed by atoms with Crippen molar-refractivity contribution >= 4 is 46.6 Å². The van der Waals surface area contributed by atoms with Gasteiger partial charge < -0.3 is 70.3 Å². The van der Waals surface area contributed by atoms with Gasteiger partial charge in [0.25, 0.3) is 0 Å². The number of imidazole rings is 1. The first kappa shape index (κ1) is 48.0. The van der Waals surface area contributed by atoms with E-state index in [1.165, 1.54) is 27.5 Å². The molecule has 1 aliphatic rings. The third-order valence-electron chi connectivity index (χ3n) is 7.91. The van der Waals surface area contributed by atoms with Crippen molar-refractivity contribution < 1.29 is 88.5 Å². The van der Waals surface area contributed by atoms with Gasteiger partial charge in [0.2, 0.25) is 17.5 Å². The lowest BCUT2D eigenvalue weighted by Crippen LogP contribution is -3.00. The van der Waals surface area contributed by atoms with Gasteiger partial charge in [-0.05, 0) is 36.4 Å². The third kappa shape index (κ3) is 13.5. The van der Waals surface area contributed by atoms with E-state index in [0.717, 1.165) is 17.8 Å². The molecule has 6 aromatic rings. The number of pyridine rings is 2. The molecule has 52 heavy (non-hydrogen) atoms. The summed E-state index contributed by atoms with van der Waals surface area (Å²) in [5.41, 5.74) is 7.25. The van der Waals surface area contributed by atoms with E-state index >= 15 is 0 Å². The molecule has 1 aliphatic heterocycles. The van der Waals surface area contributed by atoms with Crippen LogP contribution in [0.25, 0.3) is 40.3 Å². The van der Waals surface area contributed by atoms with Gasteiger partial charge in [0.1, 0.15) is 13.2 Å².